The first-order valence-electron chi connectivity index (χ1n) is 15.9. The zero-order valence-electron chi connectivity index (χ0n) is 29.4. The molecule has 0 aliphatic carbocycles. The molecular formula is C36H69N3. The summed E-state index contributed by atoms with van der Waals surface area (Å²) in [5.74, 6) is 3.78. The van der Waals surface area contributed by atoms with Crippen LogP contribution < -0.4 is 0 Å². The van der Waals surface area contributed by atoms with E-state index in [2.05, 4.69) is 123 Å². The fourth-order valence-electron chi connectivity index (χ4n) is 4.18. The molecule has 0 unspecified atom stereocenters. The van der Waals surface area contributed by atoms with Gasteiger partial charge in [-0.05, 0) is 69.9 Å². The van der Waals surface area contributed by atoms with Gasteiger partial charge in [0, 0.05) is 36.2 Å². The van der Waals surface area contributed by atoms with Crippen molar-refractivity contribution in [3.05, 3.63) is 70.6 Å². The third kappa shape index (κ3) is 15.3. The molecule has 3 aromatic heterocycles. The van der Waals surface area contributed by atoms with Crippen molar-refractivity contribution in [3.63, 3.8) is 0 Å². The maximum absolute atomic E-state index is 3.29. The van der Waals surface area contributed by atoms with E-state index in [1.807, 2.05) is 53.9 Å². The number of nitrogens with one attached hydrogen (secondary N) is 3. The lowest BCUT2D eigenvalue weighted by Crippen LogP contribution is -1.95. The molecule has 0 amide bonds. The second kappa shape index (κ2) is 23.7. The van der Waals surface area contributed by atoms with Gasteiger partial charge in [-0.2, -0.15) is 0 Å². The molecule has 3 heterocycles. The first-order valence-corrected chi connectivity index (χ1v) is 15.9. The molecular weight excluding hydrogens is 474 g/mol. The van der Waals surface area contributed by atoms with E-state index in [0.717, 1.165) is 0 Å². The molecule has 0 aromatic carbocycles. The van der Waals surface area contributed by atoms with Crippen LogP contribution in [0, 0.1) is 0 Å². The highest BCUT2D eigenvalue weighted by Crippen LogP contribution is 2.26. The van der Waals surface area contributed by atoms with E-state index in [1.165, 1.54) is 33.6 Å². The summed E-state index contributed by atoms with van der Waals surface area (Å²) < 4.78 is 0. The van der Waals surface area contributed by atoms with E-state index in [4.69, 9.17) is 0 Å². The Hall–Kier alpha value is -2.16. The van der Waals surface area contributed by atoms with E-state index in [9.17, 15) is 0 Å². The average molecular weight is 544 g/mol. The lowest BCUT2D eigenvalue weighted by Gasteiger charge is -2.09. The number of aromatic amines is 3. The molecule has 3 nitrogen and oxygen atoms in total. The first-order chi connectivity index (χ1) is 18.4. The minimum absolute atomic E-state index is 0.613. The Morgan fingerprint density at radius 1 is 0.385 bits per heavy atom. The molecule has 0 atom stereocenters. The molecule has 3 aromatic rings. The van der Waals surface area contributed by atoms with Gasteiger partial charge >= 0.3 is 0 Å². The van der Waals surface area contributed by atoms with Gasteiger partial charge in [0.2, 0.25) is 0 Å². The Kier molecular flexibility index (Phi) is 25.1. The van der Waals surface area contributed by atoms with Crippen molar-refractivity contribution in [1.29, 1.82) is 0 Å². The Balaban J connectivity index is -0.000000453. The van der Waals surface area contributed by atoms with Crippen LogP contribution in [0.5, 0.6) is 0 Å². The summed E-state index contributed by atoms with van der Waals surface area (Å²) in [5, 5.41) is 0. The van der Waals surface area contributed by atoms with Crippen LogP contribution in [0.15, 0.2) is 36.9 Å². The predicted molar refractivity (Wildman–Crippen MR) is 181 cm³/mol. The minimum atomic E-state index is 0.613. The fourth-order valence-corrected chi connectivity index (χ4v) is 4.18. The van der Waals surface area contributed by atoms with E-state index in [0.29, 0.717) is 35.5 Å². The van der Waals surface area contributed by atoms with Crippen LogP contribution >= 0.6 is 0 Å². The highest BCUT2D eigenvalue weighted by Gasteiger charge is 2.11. The van der Waals surface area contributed by atoms with Crippen LogP contribution in [-0.2, 0) is 0 Å². The molecule has 0 saturated carbocycles. The van der Waals surface area contributed by atoms with Crippen LogP contribution in [0.3, 0.4) is 0 Å². The van der Waals surface area contributed by atoms with Crippen molar-refractivity contribution >= 4 is 0 Å². The molecule has 0 bridgehead atoms. The molecule has 3 N–H and O–H groups in total. The largest absolute Gasteiger partial charge is 0.367 e. The zero-order valence-corrected chi connectivity index (χ0v) is 29.4. The number of hydrogen-bond acceptors (Lipinski definition) is 0. The zero-order chi connectivity index (χ0) is 31.3. The molecule has 0 aliphatic heterocycles. The van der Waals surface area contributed by atoms with Gasteiger partial charge in [0.1, 0.15) is 0 Å². The Bertz CT molecular complexity index is 714. The van der Waals surface area contributed by atoms with Crippen molar-refractivity contribution in [2.45, 2.75) is 160 Å². The summed E-state index contributed by atoms with van der Waals surface area (Å²) in [7, 11) is 0. The molecule has 0 radical (unpaired) electrons. The molecule has 0 saturated heterocycles. The number of hydrogen-bond donors (Lipinski definition) is 3. The molecule has 39 heavy (non-hydrogen) atoms. The monoisotopic (exact) mass is 544 g/mol. The standard InChI is InChI=1S/3C10H17N.3C2H6/c1-7(2)9-5-11-6-10(9)8(3)4;2*1-7(2)9-5-6-11-10(9)8(3)4;3*1-2/h3*5-8,11H,1-4H3;3*1-2H3. The van der Waals surface area contributed by atoms with Gasteiger partial charge in [0.25, 0.3) is 0 Å². The maximum Gasteiger partial charge on any atom is 0.0208 e. The second-order valence-electron chi connectivity index (χ2n) is 11.0. The summed E-state index contributed by atoms with van der Waals surface area (Å²) in [4.78, 5) is 9.73. The third-order valence-electron chi connectivity index (χ3n) is 6.08. The van der Waals surface area contributed by atoms with Crippen molar-refractivity contribution < 1.29 is 0 Å². The van der Waals surface area contributed by atoms with Gasteiger partial charge < -0.3 is 15.0 Å². The van der Waals surface area contributed by atoms with Gasteiger partial charge in [-0.25, -0.2) is 0 Å². The summed E-state index contributed by atoms with van der Waals surface area (Å²) >= 11 is 0. The maximum atomic E-state index is 3.29. The SMILES string of the molecule is CC.CC.CC.CC(C)c1c[nH]cc1C(C)C.CC(C)c1cc[nH]c1C(C)C.CC(C)c1cc[nH]c1C(C)C. The van der Waals surface area contributed by atoms with E-state index in [-0.39, 0.29) is 0 Å². The Morgan fingerprint density at radius 2 is 0.641 bits per heavy atom. The van der Waals surface area contributed by atoms with Gasteiger partial charge in [-0.3, -0.25) is 0 Å². The van der Waals surface area contributed by atoms with Crippen LogP contribution in [0.4, 0.5) is 0 Å². The summed E-state index contributed by atoms with van der Waals surface area (Å²) in [6.07, 6.45) is 8.29. The lowest BCUT2D eigenvalue weighted by molar-refractivity contribution is 0.774. The van der Waals surface area contributed by atoms with Crippen LogP contribution in [-0.4, -0.2) is 15.0 Å². The van der Waals surface area contributed by atoms with Crippen molar-refractivity contribution in [2.75, 3.05) is 0 Å². The van der Waals surface area contributed by atoms with Crippen LogP contribution in [0.1, 0.15) is 194 Å². The normalized spacial score (nSPS) is 10.2. The van der Waals surface area contributed by atoms with Gasteiger partial charge in [-0.15, -0.1) is 0 Å². The van der Waals surface area contributed by atoms with Crippen LogP contribution in [0.25, 0.3) is 0 Å². The fraction of sp³-hybridized carbons (Fsp3) is 0.667. The number of rotatable bonds is 6. The van der Waals surface area contributed by atoms with Crippen molar-refractivity contribution in [2.24, 2.45) is 0 Å². The van der Waals surface area contributed by atoms with Crippen LogP contribution in [0.2, 0.25) is 0 Å². The summed E-state index contributed by atoms with van der Waals surface area (Å²) in [6, 6.07) is 4.36. The highest BCUT2D eigenvalue weighted by molar-refractivity contribution is 5.29. The Morgan fingerprint density at radius 3 is 0.821 bits per heavy atom. The lowest BCUT2D eigenvalue weighted by atomic mass is 9.95. The van der Waals surface area contributed by atoms with Gasteiger partial charge in [0.05, 0.1) is 0 Å². The van der Waals surface area contributed by atoms with E-state index < -0.39 is 0 Å². The number of aromatic nitrogens is 3. The summed E-state index contributed by atoms with van der Waals surface area (Å²) in [5.41, 5.74) is 8.61. The van der Waals surface area contributed by atoms with Gasteiger partial charge in [0.15, 0.2) is 0 Å². The molecule has 0 fully saturated rings. The van der Waals surface area contributed by atoms with E-state index in [1.54, 1.807) is 0 Å². The topological polar surface area (TPSA) is 47.4 Å². The molecule has 3 heteroatoms. The second-order valence-corrected chi connectivity index (χ2v) is 11.0. The smallest absolute Gasteiger partial charge is 0.0208 e. The minimum Gasteiger partial charge on any atom is -0.367 e. The Labute approximate surface area is 245 Å². The summed E-state index contributed by atoms with van der Waals surface area (Å²) in [6.45, 7) is 38.7. The van der Waals surface area contributed by atoms with Crippen molar-refractivity contribution in [1.82, 2.24) is 15.0 Å². The molecule has 0 spiro atoms. The highest BCUT2D eigenvalue weighted by atomic mass is 14.7. The first kappa shape index (κ1) is 41.3. The molecule has 3 rings (SSSR count). The third-order valence-corrected chi connectivity index (χ3v) is 6.08. The predicted octanol–water partition coefficient (Wildman–Crippen LogP) is 12.9. The number of H-pyrrole nitrogens is 3. The van der Waals surface area contributed by atoms with Crippen molar-refractivity contribution in [3.8, 4) is 0 Å². The molecule has 228 valence electrons. The molecule has 0 aliphatic rings. The van der Waals surface area contributed by atoms with Gasteiger partial charge in [-0.1, -0.05) is 125 Å². The average Bonchev–Trinajstić information content (AvgIpc) is 3.68. The quantitative estimate of drug-likeness (QED) is 0.277. The van der Waals surface area contributed by atoms with E-state index >= 15 is 0 Å².